The highest BCUT2D eigenvalue weighted by Crippen LogP contribution is 2.21. The monoisotopic (exact) mass is 351 g/mol. The summed E-state index contributed by atoms with van der Waals surface area (Å²) in [5.74, 6) is -0.336. The van der Waals surface area contributed by atoms with Crippen molar-refractivity contribution in [3.63, 3.8) is 0 Å². The van der Waals surface area contributed by atoms with Gasteiger partial charge in [0.25, 0.3) is 0 Å². The van der Waals surface area contributed by atoms with Crippen molar-refractivity contribution in [2.75, 3.05) is 6.61 Å². The lowest BCUT2D eigenvalue weighted by Gasteiger charge is -2.07. The molecule has 0 saturated heterocycles. The topological polar surface area (TPSA) is 50.2 Å². The van der Waals surface area contributed by atoms with E-state index in [1.807, 2.05) is 12.1 Å². The molecule has 0 radical (unpaired) electrons. The van der Waals surface area contributed by atoms with Crippen LogP contribution in [0.3, 0.4) is 0 Å². The molecule has 0 bridgehead atoms. The van der Waals surface area contributed by atoms with Crippen LogP contribution >= 0.6 is 0 Å². The maximum atomic E-state index is 11.9. The van der Waals surface area contributed by atoms with Gasteiger partial charge in [0.05, 0.1) is 12.2 Å². The maximum Gasteiger partial charge on any atom is 0.338 e. The molecule has 3 heteroatoms. The van der Waals surface area contributed by atoms with E-state index in [9.17, 15) is 4.79 Å². The summed E-state index contributed by atoms with van der Waals surface area (Å²) in [6.45, 7) is 2.50. The molecule has 0 atom stereocenters. The molecule has 0 amide bonds. The smallest absolute Gasteiger partial charge is 0.338 e. The highest BCUT2D eigenvalue weighted by atomic mass is 16.5. The zero-order valence-corrected chi connectivity index (χ0v) is 15.7. The third-order valence-electron chi connectivity index (χ3n) is 4.47. The first-order chi connectivity index (χ1) is 12.7. The van der Waals surface area contributed by atoms with E-state index in [1.54, 1.807) is 12.1 Å². The summed E-state index contributed by atoms with van der Waals surface area (Å²) in [5, 5.41) is 6.94. The second-order valence-corrected chi connectivity index (χ2v) is 6.57. The van der Waals surface area contributed by atoms with E-state index in [2.05, 4.69) is 31.2 Å². The third-order valence-corrected chi connectivity index (χ3v) is 4.47. The standard InChI is InChI=1S/C23H29NO2/c1-2-3-4-5-6-8-19-9-11-20(12-10-19)21-13-15-22(16-14-21)23(25)26-18-7-17-24/h9-17,24H,2-8,18H2,1H3. The molecule has 0 saturated carbocycles. The lowest BCUT2D eigenvalue weighted by atomic mass is 10.00. The molecule has 0 aliphatic rings. The summed E-state index contributed by atoms with van der Waals surface area (Å²) >= 11 is 0. The Kier molecular flexibility index (Phi) is 8.61. The van der Waals surface area contributed by atoms with Gasteiger partial charge in [0.15, 0.2) is 0 Å². The number of rotatable bonds is 11. The Morgan fingerprint density at radius 1 is 0.923 bits per heavy atom. The fraction of sp³-hybridized carbons (Fsp3) is 0.391. The zero-order chi connectivity index (χ0) is 18.6. The Balaban J connectivity index is 1.88. The van der Waals surface area contributed by atoms with Crippen molar-refractivity contribution in [2.24, 2.45) is 0 Å². The van der Waals surface area contributed by atoms with Gasteiger partial charge in [-0.2, -0.15) is 0 Å². The molecule has 0 fully saturated rings. The van der Waals surface area contributed by atoms with Crippen molar-refractivity contribution in [1.82, 2.24) is 0 Å². The third kappa shape index (κ3) is 6.47. The van der Waals surface area contributed by atoms with Crippen LogP contribution in [0.1, 0.15) is 61.4 Å². The molecule has 26 heavy (non-hydrogen) atoms. The van der Waals surface area contributed by atoms with Gasteiger partial charge in [-0.15, -0.1) is 0 Å². The Labute approximate surface area is 156 Å². The van der Waals surface area contributed by atoms with Crippen LogP contribution in [0.15, 0.2) is 48.5 Å². The summed E-state index contributed by atoms with van der Waals surface area (Å²) in [4.78, 5) is 11.9. The number of ether oxygens (including phenoxy) is 1. The highest BCUT2D eigenvalue weighted by molar-refractivity contribution is 5.90. The minimum absolute atomic E-state index is 0.254. The molecule has 0 spiro atoms. The van der Waals surface area contributed by atoms with Gasteiger partial charge in [0.1, 0.15) is 0 Å². The minimum atomic E-state index is -0.336. The van der Waals surface area contributed by atoms with Gasteiger partial charge < -0.3 is 10.1 Å². The van der Waals surface area contributed by atoms with Crippen LogP contribution in [0, 0.1) is 5.41 Å². The number of hydrogen-bond donors (Lipinski definition) is 1. The molecule has 0 heterocycles. The van der Waals surface area contributed by atoms with Gasteiger partial charge in [-0.3, -0.25) is 0 Å². The number of carbonyl (C=O) groups is 1. The number of benzene rings is 2. The average Bonchev–Trinajstić information content (AvgIpc) is 2.68. The van der Waals surface area contributed by atoms with Crippen molar-refractivity contribution >= 4 is 12.2 Å². The molecule has 0 unspecified atom stereocenters. The molecule has 2 rings (SSSR count). The second-order valence-electron chi connectivity index (χ2n) is 6.57. The van der Waals surface area contributed by atoms with Gasteiger partial charge in [-0.05, 0) is 47.9 Å². The second kappa shape index (κ2) is 11.2. The Morgan fingerprint density at radius 2 is 1.54 bits per heavy atom. The number of carbonyl (C=O) groups excluding carboxylic acids is 1. The van der Waals surface area contributed by atoms with Gasteiger partial charge in [-0.25, -0.2) is 4.79 Å². The van der Waals surface area contributed by atoms with Crippen molar-refractivity contribution in [1.29, 1.82) is 5.41 Å². The van der Waals surface area contributed by atoms with Crippen LogP contribution in [0.5, 0.6) is 0 Å². The molecule has 1 N–H and O–H groups in total. The lowest BCUT2D eigenvalue weighted by Crippen LogP contribution is -2.06. The normalized spacial score (nSPS) is 10.5. The molecule has 0 aromatic heterocycles. The summed E-state index contributed by atoms with van der Waals surface area (Å²) in [6, 6.07) is 16.2. The fourth-order valence-corrected chi connectivity index (χ4v) is 2.89. The van der Waals surface area contributed by atoms with E-state index >= 15 is 0 Å². The first kappa shape index (κ1) is 19.9. The van der Waals surface area contributed by atoms with Gasteiger partial charge in [0, 0.05) is 6.42 Å². The van der Waals surface area contributed by atoms with Crippen molar-refractivity contribution in [2.45, 2.75) is 51.9 Å². The van der Waals surface area contributed by atoms with Crippen molar-refractivity contribution < 1.29 is 9.53 Å². The predicted octanol–water partition coefficient (Wildman–Crippen LogP) is 6.06. The SMILES string of the molecule is CCCCCCCc1ccc(-c2ccc(C(=O)OCCC=N)cc2)cc1. The van der Waals surface area contributed by atoms with Gasteiger partial charge >= 0.3 is 5.97 Å². The first-order valence-electron chi connectivity index (χ1n) is 9.60. The number of aryl methyl sites for hydroxylation is 1. The van der Waals surface area contributed by atoms with E-state index < -0.39 is 0 Å². The largest absolute Gasteiger partial charge is 0.462 e. The molecule has 0 aliphatic carbocycles. The predicted molar refractivity (Wildman–Crippen MR) is 108 cm³/mol. The Bertz CT molecular complexity index is 674. The lowest BCUT2D eigenvalue weighted by molar-refractivity contribution is 0.0516. The average molecular weight is 351 g/mol. The number of nitrogens with one attached hydrogen (secondary N) is 1. The molecule has 2 aromatic carbocycles. The molecule has 0 aliphatic heterocycles. The van der Waals surface area contributed by atoms with E-state index in [4.69, 9.17) is 10.1 Å². The van der Waals surface area contributed by atoms with Crippen molar-refractivity contribution in [3.8, 4) is 11.1 Å². The number of hydrogen-bond acceptors (Lipinski definition) is 3. The van der Waals surface area contributed by atoms with Crippen molar-refractivity contribution in [3.05, 3.63) is 59.7 Å². The fourth-order valence-electron chi connectivity index (χ4n) is 2.89. The van der Waals surface area contributed by atoms with Crippen LogP contribution in [0.2, 0.25) is 0 Å². The molecule has 3 nitrogen and oxygen atoms in total. The molecular weight excluding hydrogens is 322 g/mol. The van der Waals surface area contributed by atoms with E-state index in [0.717, 1.165) is 17.5 Å². The van der Waals surface area contributed by atoms with E-state index in [-0.39, 0.29) is 12.6 Å². The quantitative estimate of drug-likeness (QED) is 0.304. The van der Waals surface area contributed by atoms with Gasteiger partial charge in [0.2, 0.25) is 0 Å². The Morgan fingerprint density at radius 3 is 2.15 bits per heavy atom. The first-order valence-corrected chi connectivity index (χ1v) is 9.60. The van der Waals surface area contributed by atoms with E-state index in [0.29, 0.717) is 12.0 Å². The van der Waals surface area contributed by atoms with Crippen LogP contribution < -0.4 is 0 Å². The minimum Gasteiger partial charge on any atom is -0.462 e. The summed E-state index contributed by atoms with van der Waals surface area (Å²) < 4.78 is 5.10. The van der Waals surface area contributed by atoms with Crippen LogP contribution in [-0.4, -0.2) is 18.8 Å². The molecular formula is C23H29NO2. The number of esters is 1. The summed E-state index contributed by atoms with van der Waals surface area (Å²) in [7, 11) is 0. The Hall–Kier alpha value is -2.42. The maximum absolute atomic E-state index is 11.9. The zero-order valence-electron chi connectivity index (χ0n) is 15.7. The summed E-state index contributed by atoms with van der Waals surface area (Å²) in [6.07, 6.45) is 9.37. The van der Waals surface area contributed by atoms with Crippen LogP contribution in [0.4, 0.5) is 0 Å². The van der Waals surface area contributed by atoms with Gasteiger partial charge in [-0.1, -0.05) is 69.0 Å². The van der Waals surface area contributed by atoms with Crippen LogP contribution in [0.25, 0.3) is 11.1 Å². The highest BCUT2D eigenvalue weighted by Gasteiger charge is 2.07. The number of unbranched alkanes of at least 4 members (excludes halogenated alkanes) is 4. The molecule has 2 aromatic rings. The summed E-state index contributed by atoms with van der Waals surface area (Å²) in [5.41, 5.74) is 4.18. The van der Waals surface area contributed by atoms with Crippen LogP contribution in [-0.2, 0) is 11.2 Å². The molecule has 138 valence electrons. The van der Waals surface area contributed by atoms with E-state index in [1.165, 1.54) is 43.9 Å².